The fraction of sp³-hybridized carbons (Fsp3) is 0.500. The molecule has 0 saturated heterocycles. The molecule has 2 heteroatoms. The Morgan fingerprint density at radius 1 is 1.45 bits per heavy atom. The Morgan fingerprint density at radius 2 is 2.20 bits per heavy atom. The molecule has 106 valence electrons. The van der Waals surface area contributed by atoms with Crippen molar-refractivity contribution in [2.24, 2.45) is 5.92 Å². The van der Waals surface area contributed by atoms with Crippen molar-refractivity contribution >= 4 is 17.3 Å². The number of furan rings is 1. The van der Waals surface area contributed by atoms with Gasteiger partial charge in [0, 0.05) is 28.7 Å². The smallest absolute Gasteiger partial charge is 0.134 e. The van der Waals surface area contributed by atoms with Gasteiger partial charge in [-0.25, -0.2) is 0 Å². The van der Waals surface area contributed by atoms with Crippen LogP contribution in [0.1, 0.15) is 56.9 Å². The molecule has 0 radical (unpaired) electrons. The lowest BCUT2D eigenvalue weighted by Crippen LogP contribution is -2.05. The van der Waals surface area contributed by atoms with E-state index in [1.54, 1.807) is 0 Å². The number of carbonyl (C=O) groups is 1. The summed E-state index contributed by atoms with van der Waals surface area (Å²) >= 11 is 0. The second-order valence-corrected chi connectivity index (χ2v) is 6.52. The number of carbonyl (C=O) groups excluding carboxylic acids is 1. The summed E-state index contributed by atoms with van der Waals surface area (Å²) < 4.78 is 5.98. The van der Waals surface area contributed by atoms with E-state index in [2.05, 4.69) is 45.9 Å². The van der Waals surface area contributed by atoms with Gasteiger partial charge >= 0.3 is 0 Å². The number of fused-ring (bicyclic) bond motifs is 1. The number of rotatable bonds is 4. The molecule has 1 aliphatic carbocycles. The van der Waals surface area contributed by atoms with Crippen LogP contribution in [-0.2, 0) is 16.6 Å². The number of hydrogen-bond acceptors (Lipinski definition) is 2. The molecule has 1 heterocycles. The van der Waals surface area contributed by atoms with E-state index in [4.69, 9.17) is 4.42 Å². The minimum atomic E-state index is 0.0356. The molecule has 2 atom stereocenters. The molecule has 0 N–H and O–H groups in total. The highest BCUT2D eigenvalue weighted by atomic mass is 16.3. The van der Waals surface area contributed by atoms with E-state index < -0.39 is 0 Å². The van der Waals surface area contributed by atoms with Crippen molar-refractivity contribution < 1.29 is 9.21 Å². The van der Waals surface area contributed by atoms with E-state index >= 15 is 0 Å². The van der Waals surface area contributed by atoms with Crippen LogP contribution in [-0.4, -0.2) is 6.29 Å². The molecule has 2 aromatic rings. The van der Waals surface area contributed by atoms with E-state index in [9.17, 15) is 4.79 Å². The molecular formula is C18H22O2. The number of aldehydes is 1. The van der Waals surface area contributed by atoms with E-state index in [-0.39, 0.29) is 11.3 Å². The fourth-order valence-electron chi connectivity index (χ4n) is 3.35. The Kier molecular flexibility index (Phi) is 3.00. The monoisotopic (exact) mass is 270 g/mol. The molecule has 1 aromatic carbocycles. The van der Waals surface area contributed by atoms with Crippen molar-refractivity contribution in [1.82, 2.24) is 0 Å². The molecule has 0 aliphatic heterocycles. The van der Waals surface area contributed by atoms with E-state index in [0.29, 0.717) is 5.92 Å². The zero-order valence-corrected chi connectivity index (χ0v) is 12.7. The second kappa shape index (κ2) is 4.47. The zero-order chi connectivity index (χ0) is 14.5. The molecular weight excluding hydrogens is 248 g/mol. The highest BCUT2D eigenvalue weighted by molar-refractivity contribution is 5.84. The summed E-state index contributed by atoms with van der Waals surface area (Å²) in [6.45, 7) is 8.74. The molecule has 0 amide bonds. The molecule has 0 spiro atoms. The van der Waals surface area contributed by atoms with Crippen molar-refractivity contribution in [2.45, 2.75) is 51.9 Å². The van der Waals surface area contributed by atoms with Crippen molar-refractivity contribution in [3.05, 3.63) is 35.1 Å². The van der Waals surface area contributed by atoms with Gasteiger partial charge in [0.25, 0.3) is 0 Å². The predicted octanol–water partition coefficient (Wildman–Crippen LogP) is 4.60. The van der Waals surface area contributed by atoms with Gasteiger partial charge in [0.1, 0.15) is 17.6 Å². The summed E-state index contributed by atoms with van der Waals surface area (Å²) in [6.07, 6.45) is 2.99. The molecule has 2 nitrogen and oxygen atoms in total. The molecule has 1 saturated carbocycles. The van der Waals surface area contributed by atoms with Crippen LogP contribution >= 0.6 is 0 Å². The third-order valence-corrected chi connectivity index (χ3v) is 4.83. The van der Waals surface area contributed by atoms with Crippen molar-refractivity contribution in [1.29, 1.82) is 0 Å². The highest BCUT2D eigenvalue weighted by Crippen LogP contribution is 2.53. The minimum Gasteiger partial charge on any atom is -0.461 e. The normalized spacial score (nSPS) is 25.4. The molecule has 1 fully saturated rings. The van der Waals surface area contributed by atoms with E-state index in [0.717, 1.165) is 30.5 Å². The van der Waals surface area contributed by atoms with Crippen LogP contribution in [0.4, 0.5) is 0 Å². The highest BCUT2D eigenvalue weighted by Gasteiger charge is 2.51. The first-order valence-electron chi connectivity index (χ1n) is 7.52. The summed E-state index contributed by atoms with van der Waals surface area (Å²) in [5.74, 6) is 1.73. The summed E-state index contributed by atoms with van der Waals surface area (Å²) in [7, 11) is 0. The molecule has 3 rings (SSSR count). The van der Waals surface area contributed by atoms with Gasteiger partial charge < -0.3 is 9.21 Å². The lowest BCUT2D eigenvalue weighted by Gasteiger charge is -2.11. The average molecular weight is 270 g/mol. The minimum absolute atomic E-state index is 0.0356. The van der Waals surface area contributed by atoms with Crippen LogP contribution < -0.4 is 0 Å². The fourth-order valence-corrected chi connectivity index (χ4v) is 3.35. The van der Waals surface area contributed by atoms with Gasteiger partial charge in [0.05, 0.1) is 0 Å². The molecule has 1 aromatic heterocycles. The second-order valence-electron chi connectivity index (χ2n) is 6.52. The van der Waals surface area contributed by atoms with Gasteiger partial charge in [0.2, 0.25) is 0 Å². The van der Waals surface area contributed by atoms with Crippen LogP contribution in [0.2, 0.25) is 0 Å². The first-order valence-corrected chi connectivity index (χ1v) is 7.52. The molecule has 1 aliphatic rings. The van der Waals surface area contributed by atoms with Gasteiger partial charge in [-0.15, -0.1) is 0 Å². The first kappa shape index (κ1) is 13.4. The van der Waals surface area contributed by atoms with Gasteiger partial charge in [0.15, 0.2) is 0 Å². The van der Waals surface area contributed by atoms with Crippen LogP contribution in [0.25, 0.3) is 11.0 Å². The van der Waals surface area contributed by atoms with Gasteiger partial charge in [-0.2, -0.15) is 0 Å². The Balaban J connectivity index is 2.15. The average Bonchev–Trinajstić information content (AvgIpc) is 2.97. The summed E-state index contributed by atoms with van der Waals surface area (Å²) in [5, 5.41) is 1.23. The Labute approximate surface area is 120 Å². The topological polar surface area (TPSA) is 30.2 Å². The van der Waals surface area contributed by atoms with E-state index in [1.807, 2.05) is 0 Å². The largest absolute Gasteiger partial charge is 0.461 e. The molecule has 0 bridgehead atoms. The third kappa shape index (κ3) is 1.81. The number of hydrogen-bond donors (Lipinski definition) is 0. The molecule has 20 heavy (non-hydrogen) atoms. The van der Waals surface area contributed by atoms with Gasteiger partial charge in [-0.05, 0) is 30.0 Å². The summed E-state index contributed by atoms with van der Waals surface area (Å²) in [6, 6.07) is 6.44. The Hall–Kier alpha value is -1.57. The number of aryl methyl sites for hydroxylation is 1. The van der Waals surface area contributed by atoms with Crippen LogP contribution in [0.3, 0.4) is 0 Å². The van der Waals surface area contributed by atoms with Crippen molar-refractivity contribution in [3.8, 4) is 0 Å². The maximum Gasteiger partial charge on any atom is 0.134 e. The third-order valence-electron chi connectivity index (χ3n) is 4.83. The SMILES string of the molecule is CCc1oc2ccc([C@@]3(C)C[C@H]3C=O)cc2c1C(C)C. The standard InChI is InChI=1S/C18H22O2/c1-5-15-17(11(2)3)14-8-12(6-7-16(14)20-15)18(4)9-13(18)10-19/h6-8,10-11,13H,5,9H2,1-4H3/t13-,18+/m0/s1. The van der Waals surface area contributed by atoms with Crippen molar-refractivity contribution in [3.63, 3.8) is 0 Å². The van der Waals surface area contributed by atoms with Gasteiger partial charge in [-0.1, -0.05) is 33.8 Å². The Bertz CT molecular complexity index is 665. The maximum atomic E-state index is 11.0. The first-order chi connectivity index (χ1) is 9.51. The predicted molar refractivity (Wildman–Crippen MR) is 81.2 cm³/mol. The van der Waals surface area contributed by atoms with Crippen LogP contribution in [0, 0.1) is 5.92 Å². The number of benzene rings is 1. The zero-order valence-electron chi connectivity index (χ0n) is 12.7. The van der Waals surface area contributed by atoms with Gasteiger partial charge in [-0.3, -0.25) is 0 Å². The van der Waals surface area contributed by atoms with Crippen molar-refractivity contribution in [2.75, 3.05) is 0 Å². The van der Waals surface area contributed by atoms with Crippen LogP contribution in [0.5, 0.6) is 0 Å². The maximum absolute atomic E-state index is 11.0. The Morgan fingerprint density at radius 3 is 2.75 bits per heavy atom. The molecule has 0 unspecified atom stereocenters. The van der Waals surface area contributed by atoms with E-state index in [1.165, 1.54) is 16.5 Å². The summed E-state index contributed by atoms with van der Waals surface area (Å²) in [5.41, 5.74) is 3.61. The lowest BCUT2D eigenvalue weighted by atomic mass is 9.91. The quantitative estimate of drug-likeness (QED) is 0.760. The summed E-state index contributed by atoms with van der Waals surface area (Å²) in [4.78, 5) is 11.0. The lowest BCUT2D eigenvalue weighted by molar-refractivity contribution is -0.109. The van der Waals surface area contributed by atoms with Crippen LogP contribution in [0.15, 0.2) is 22.6 Å².